The molecule has 0 amide bonds. The molecule has 0 spiro atoms. The largest absolute Gasteiger partial charge is 0.393 e. The Balaban J connectivity index is 2.76. The van der Waals surface area contributed by atoms with Crippen LogP contribution in [0.1, 0.15) is 27.2 Å². The fourth-order valence-electron chi connectivity index (χ4n) is 1.59. The highest BCUT2D eigenvalue weighted by Crippen LogP contribution is 2.31. The van der Waals surface area contributed by atoms with Gasteiger partial charge in [0.05, 0.1) is 11.8 Å². The van der Waals surface area contributed by atoms with Crippen LogP contribution < -0.4 is 0 Å². The molecule has 1 rings (SSSR count). The molecule has 3 heteroatoms. The van der Waals surface area contributed by atoms with Crippen LogP contribution in [0.15, 0.2) is 0 Å². The van der Waals surface area contributed by atoms with Crippen molar-refractivity contribution < 1.29 is 14.3 Å². The summed E-state index contributed by atoms with van der Waals surface area (Å²) in [6.07, 6.45) is 0.900. The number of rotatable bonds is 2. The predicted octanol–water partition coefficient (Wildman–Crippen LogP) is 1.37. The summed E-state index contributed by atoms with van der Waals surface area (Å²) in [6, 6.07) is 0. The van der Waals surface area contributed by atoms with Crippen molar-refractivity contribution in [3.63, 3.8) is 0 Å². The maximum atomic E-state index is 11.2. The molecule has 3 unspecified atom stereocenters. The monoisotopic (exact) mass is 170 g/mol. The average Bonchev–Trinajstić information content (AvgIpc) is 2.26. The summed E-state index contributed by atoms with van der Waals surface area (Å²) in [5.74, 6) is -0.957. The third-order valence-corrected chi connectivity index (χ3v) is 2.64. The first-order valence-electron chi connectivity index (χ1n) is 4.33. The van der Waals surface area contributed by atoms with Crippen molar-refractivity contribution in [2.75, 3.05) is 0 Å². The molecular weight excluding hydrogens is 156 g/mol. The van der Waals surface area contributed by atoms with E-state index in [1.807, 2.05) is 13.8 Å². The van der Waals surface area contributed by atoms with Gasteiger partial charge < -0.3 is 4.74 Å². The van der Waals surface area contributed by atoms with Gasteiger partial charge in [-0.05, 0) is 5.92 Å². The topological polar surface area (TPSA) is 43.4 Å². The minimum absolute atomic E-state index is 0.220. The number of hydrogen-bond acceptors (Lipinski definition) is 3. The third kappa shape index (κ3) is 1.36. The molecule has 0 saturated carbocycles. The number of carbonyl (C=O) groups is 2. The molecule has 1 saturated heterocycles. The molecule has 1 heterocycles. The minimum atomic E-state index is -0.370. The van der Waals surface area contributed by atoms with Gasteiger partial charge in [0, 0.05) is 0 Å². The van der Waals surface area contributed by atoms with E-state index in [1.165, 1.54) is 0 Å². The molecule has 0 aromatic carbocycles. The molecule has 3 atom stereocenters. The van der Waals surface area contributed by atoms with Gasteiger partial charge in [0.2, 0.25) is 0 Å². The lowest BCUT2D eigenvalue weighted by Crippen LogP contribution is -2.22. The predicted molar refractivity (Wildman–Crippen MR) is 43.2 cm³/mol. The highest BCUT2D eigenvalue weighted by atomic mass is 16.6. The number of cyclic esters (lactones) is 2. The van der Waals surface area contributed by atoms with E-state index in [0.717, 1.165) is 6.42 Å². The molecule has 12 heavy (non-hydrogen) atoms. The normalized spacial score (nSPS) is 31.9. The van der Waals surface area contributed by atoms with E-state index in [1.54, 1.807) is 6.92 Å². The first kappa shape index (κ1) is 9.23. The van der Waals surface area contributed by atoms with Crippen molar-refractivity contribution in [3.05, 3.63) is 0 Å². The minimum Gasteiger partial charge on any atom is -0.393 e. The summed E-state index contributed by atoms with van der Waals surface area (Å²) >= 11 is 0. The summed E-state index contributed by atoms with van der Waals surface area (Å²) in [7, 11) is 0. The zero-order chi connectivity index (χ0) is 9.30. The van der Waals surface area contributed by atoms with Crippen molar-refractivity contribution in [1.82, 2.24) is 0 Å². The lowest BCUT2D eigenvalue weighted by Gasteiger charge is -2.15. The Kier molecular flexibility index (Phi) is 2.50. The van der Waals surface area contributed by atoms with E-state index in [-0.39, 0.29) is 29.7 Å². The second kappa shape index (κ2) is 3.25. The second-order valence-corrected chi connectivity index (χ2v) is 3.44. The van der Waals surface area contributed by atoms with E-state index >= 15 is 0 Å². The average molecular weight is 170 g/mol. The summed E-state index contributed by atoms with van der Waals surface area (Å²) < 4.78 is 4.53. The Morgan fingerprint density at radius 1 is 1.42 bits per heavy atom. The zero-order valence-electron chi connectivity index (χ0n) is 7.66. The SMILES string of the molecule is CCC(C)C1C(=O)OC(=O)C1C. The highest BCUT2D eigenvalue weighted by molar-refractivity contribution is 5.96. The van der Waals surface area contributed by atoms with Crippen molar-refractivity contribution in [2.24, 2.45) is 17.8 Å². The van der Waals surface area contributed by atoms with Crippen molar-refractivity contribution in [1.29, 1.82) is 0 Å². The first-order valence-corrected chi connectivity index (χ1v) is 4.33. The molecule has 0 N–H and O–H groups in total. The number of carbonyl (C=O) groups excluding carboxylic acids is 2. The van der Waals surface area contributed by atoms with Crippen LogP contribution in [0.3, 0.4) is 0 Å². The molecular formula is C9H14O3. The smallest absolute Gasteiger partial charge is 0.317 e. The Hall–Kier alpha value is -0.860. The fourth-order valence-corrected chi connectivity index (χ4v) is 1.59. The van der Waals surface area contributed by atoms with Crippen LogP contribution in [-0.2, 0) is 14.3 Å². The van der Waals surface area contributed by atoms with Gasteiger partial charge >= 0.3 is 11.9 Å². The van der Waals surface area contributed by atoms with Gasteiger partial charge in [-0.1, -0.05) is 27.2 Å². The van der Waals surface area contributed by atoms with Crippen LogP contribution in [0.4, 0.5) is 0 Å². The molecule has 1 fully saturated rings. The molecule has 0 radical (unpaired) electrons. The first-order chi connectivity index (χ1) is 5.57. The molecule has 0 aromatic rings. The summed E-state index contributed by atoms with van der Waals surface area (Å²) in [5.41, 5.74) is 0. The summed E-state index contributed by atoms with van der Waals surface area (Å²) in [6.45, 7) is 5.73. The Labute approximate surface area is 72.1 Å². The quantitative estimate of drug-likeness (QED) is 0.464. The fraction of sp³-hybridized carbons (Fsp3) is 0.778. The molecule has 1 aliphatic rings. The van der Waals surface area contributed by atoms with Gasteiger partial charge in [-0.3, -0.25) is 9.59 Å². The Morgan fingerprint density at radius 2 is 2.00 bits per heavy atom. The molecule has 0 aromatic heterocycles. The van der Waals surface area contributed by atoms with Crippen LogP contribution in [-0.4, -0.2) is 11.9 Å². The van der Waals surface area contributed by atoms with Crippen molar-refractivity contribution in [2.45, 2.75) is 27.2 Å². The zero-order valence-corrected chi connectivity index (χ0v) is 7.66. The van der Waals surface area contributed by atoms with Crippen LogP contribution in [0.5, 0.6) is 0 Å². The number of hydrogen-bond donors (Lipinski definition) is 0. The van der Waals surface area contributed by atoms with Gasteiger partial charge in [0.25, 0.3) is 0 Å². The van der Waals surface area contributed by atoms with E-state index in [2.05, 4.69) is 4.74 Å². The van der Waals surface area contributed by atoms with Gasteiger partial charge in [-0.2, -0.15) is 0 Å². The Morgan fingerprint density at radius 3 is 2.33 bits per heavy atom. The van der Waals surface area contributed by atoms with E-state index in [0.29, 0.717) is 0 Å². The number of esters is 2. The van der Waals surface area contributed by atoms with Crippen LogP contribution in [0, 0.1) is 17.8 Å². The van der Waals surface area contributed by atoms with Crippen molar-refractivity contribution in [3.8, 4) is 0 Å². The van der Waals surface area contributed by atoms with E-state index in [9.17, 15) is 9.59 Å². The highest BCUT2D eigenvalue weighted by Gasteiger charge is 2.43. The van der Waals surface area contributed by atoms with E-state index < -0.39 is 0 Å². The molecule has 0 bridgehead atoms. The van der Waals surface area contributed by atoms with Gasteiger partial charge in [-0.15, -0.1) is 0 Å². The van der Waals surface area contributed by atoms with Gasteiger partial charge in [-0.25, -0.2) is 0 Å². The summed E-state index contributed by atoms with van der Waals surface area (Å²) in [4.78, 5) is 22.1. The molecule has 0 aliphatic carbocycles. The Bertz CT molecular complexity index is 210. The standard InChI is InChI=1S/C9H14O3/c1-4-5(2)7-6(3)8(10)12-9(7)11/h5-7H,4H2,1-3H3. The van der Waals surface area contributed by atoms with Crippen LogP contribution in [0.25, 0.3) is 0 Å². The van der Waals surface area contributed by atoms with Gasteiger partial charge in [0.15, 0.2) is 0 Å². The molecule has 3 nitrogen and oxygen atoms in total. The molecule has 1 aliphatic heterocycles. The van der Waals surface area contributed by atoms with Crippen LogP contribution >= 0.6 is 0 Å². The lowest BCUT2D eigenvalue weighted by atomic mass is 9.84. The van der Waals surface area contributed by atoms with E-state index in [4.69, 9.17) is 0 Å². The number of ether oxygens (including phenoxy) is 1. The van der Waals surface area contributed by atoms with Crippen molar-refractivity contribution >= 4 is 11.9 Å². The maximum absolute atomic E-state index is 11.2. The maximum Gasteiger partial charge on any atom is 0.317 e. The third-order valence-electron chi connectivity index (χ3n) is 2.64. The molecule has 68 valence electrons. The lowest BCUT2D eigenvalue weighted by molar-refractivity contribution is -0.154. The summed E-state index contributed by atoms with van der Waals surface area (Å²) in [5, 5.41) is 0. The second-order valence-electron chi connectivity index (χ2n) is 3.44. The van der Waals surface area contributed by atoms with Crippen LogP contribution in [0.2, 0.25) is 0 Å². The van der Waals surface area contributed by atoms with Gasteiger partial charge in [0.1, 0.15) is 0 Å².